The molecule has 0 radical (unpaired) electrons. The van der Waals surface area contributed by atoms with Crippen molar-refractivity contribution in [2.24, 2.45) is 0 Å². The van der Waals surface area contributed by atoms with E-state index in [1.54, 1.807) is 6.07 Å². The molecule has 3 aromatic rings. The average Bonchev–Trinajstić information content (AvgIpc) is 2.94. The number of nitrogens with one attached hydrogen (secondary N) is 1. The van der Waals surface area contributed by atoms with Crippen molar-refractivity contribution in [3.63, 3.8) is 0 Å². The van der Waals surface area contributed by atoms with Crippen molar-refractivity contribution in [3.8, 4) is 11.3 Å². The molecule has 1 heterocycles. The Hall–Kier alpha value is -2.55. The first-order valence-electron chi connectivity index (χ1n) is 7.72. The Labute approximate surface area is 136 Å². The van der Waals surface area contributed by atoms with Crippen LogP contribution in [0.3, 0.4) is 0 Å². The van der Waals surface area contributed by atoms with Crippen molar-refractivity contribution in [3.05, 3.63) is 59.7 Å². The lowest BCUT2D eigenvalue weighted by Crippen LogP contribution is -2.12. The number of hydrogen-bond acceptors (Lipinski definition) is 2. The molecule has 3 rings (SSSR count). The summed E-state index contributed by atoms with van der Waals surface area (Å²) >= 11 is 0. The fourth-order valence-corrected chi connectivity index (χ4v) is 3.10. The molecule has 0 spiro atoms. The second kappa shape index (κ2) is 5.58. The van der Waals surface area contributed by atoms with Crippen molar-refractivity contribution < 1.29 is 9.53 Å². The predicted molar refractivity (Wildman–Crippen MR) is 93.8 cm³/mol. The van der Waals surface area contributed by atoms with Crippen LogP contribution in [0.15, 0.2) is 48.5 Å². The third kappa shape index (κ3) is 2.63. The Morgan fingerprint density at radius 2 is 1.70 bits per heavy atom. The number of H-pyrrole nitrogens is 1. The molecule has 23 heavy (non-hydrogen) atoms. The number of benzene rings is 2. The van der Waals surface area contributed by atoms with Gasteiger partial charge in [0, 0.05) is 5.39 Å². The summed E-state index contributed by atoms with van der Waals surface area (Å²) in [4.78, 5) is 15.6. The molecule has 3 heteroatoms. The molecule has 0 aliphatic heterocycles. The van der Waals surface area contributed by atoms with E-state index in [1.165, 1.54) is 12.7 Å². The van der Waals surface area contributed by atoms with Gasteiger partial charge in [0.2, 0.25) is 0 Å². The minimum Gasteiger partial charge on any atom is -0.465 e. The fourth-order valence-electron chi connectivity index (χ4n) is 3.10. The Morgan fingerprint density at radius 1 is 1.00 bits per heavy atom. The Kier molecular flexibility index (Phi) is 3.72. The van der Waals surface area contributed by atoms with Crippen molar-refractivity contribution in [2.45, 2.75) is 26.2 Å². The zero-order valence-electron chi connectivity index (χ0n) is 13.9. The Balaban J connectivity index is 2.38. The monoisotopic (exact) mass is 307 g/mol. The molecule has 1 N–H and O–H groups in total. The van der Waals surface area contributed by atoms with Crippen molar-refractivity contribution in [1.82, 2.24) is 4.98 Å². The van der Waals surface area contributed by atoms with Crippen LogP contribution in [0.4, 0.5) is 0 Å². The molecule has 3 nitrogen and oxygen atoms in total. The quantitative estimate of drug-likeness (QED) is 0.683. The van der Waals surface area contributed by atoms with E-state index in [-0.39, 0.29) is 11.4 Å². The Bertz CT molecular complexity index is 854. The summed E-state index contributed by atoms with van der Waals surface area (Å²) in [6.07, 6.45) is 0. The molecule has 0 atom stereocenters. The number of para-hydroxylation sites is 1. The van der Waals surface area contributed by atoms with Crippen LogP contribution in [0.5, 0.6) is 0 Å². The van der Waals surface area contributed by atoms with Gasteiger partial charge in [0.1, 0.15) is 0 Å². The summed E-state index contributed by atoms with van der Waals surface area (Å²) in [5.74, 6) is -0.322. The van der Waals surface area contributed by atoms with Crippen LogP contribution in [0.25, 0.3) is 22.2 Å². The fraction of sp³-hybridized carbons (Fsp3) is 0.250. The highest BCUT2D eigenvalue weighted by molar-refractivity contribution is 6.06. The van der Waals surface area contributed by atoms with Gasteiger partial charge in [0.25, 0.3) is 0 Å². The molecule has 118 valence electrons. The van der Waals surface area contributed by atoms with Crippen molar-refractivity contribution in [2.75, 3.05) is 7.11 Å². The van der Waals surface area contributed by atoms with Crippen LogP contribution < -0.4 is 0 Å². The number of carbonyl (C=O) groups is 1. The van der Waals surface area contributed by atoms with Gasteiger partial charge in [-0.25, -0.2) is 4.79 Å². The van der Waals surface area contributed by atoms with Gasteiger partial charge >= 0.3 is 5.97 Å². The van der Waals surface area contributed by atoms with E-state index < -0.39 is 0 Å². The molecular weight excluding hydrogens is 286 g/mol. The van der Waals surface area contributed by atoms with Crippen molar-refractivity contribution in [1.29, 1.82) is 0 Å². The molecule has 0 aliphatic carbocycles. The third-order valence-corrected chi connectivity index (χ3v) is 4.05. The van der Waals surface area contributed by atoms with Gasteiger partial charge in [0.15, 0.2) is 0 Å². The lowest BCUT2D eigenvalue weighted by atomic mass is 9.83. The maximum Gasteiger partial charge on any atom is 0.339 e. The largest absolute Gasteiger partial charge is 0.465 e. The first kappa shape index (κ1) is 15.3. The number of hydrogen-bond donors (Lipinski definition) is 1. The van der Waals surface area contributed by atoms with E-state index >= 15 is 0 Å². The van der Waals surface area contributed by atoms with Crippen molar-refractivity contribution >= 4 is 16.9 Å². The van der Waals surface area contributed by atoms with E-state index in [0.717, 1.165) is 22.2 Å². The third-order valence-electron chi connectivity index (χ3n) is 4.05. The number of rotatable bonds is 2. The minimum absolute atomic E-state index is 0.0574. The SMILES string of the molecule is COC(=O)c1cccc2c(C(C)(C)C)c(-c3ccccc3)[nH]c12. The van der Waals surface area contributed by atoms with E-state index in [2.05, 4.69) is 44.0 Å². The molecule has 0 amide bonds. The van der Waals surface area contributed by atoms with E-state index in [9.17, 15) is 4.79 Å². The van der Waals surface area contributed by atoms with Crippen LogP contribution in [0.2, 0.25) is 0 Å². The number of aromatic nitrogens is 1. The second-order valence-corrected chi connectivity index (χ2v) is 6.71. The van der Waals surface area contributed by atoms with Gasteiger partial charge in [-0.05, 0) is 22.6 Å². The van der Waals surface area contributed by atoms with E-state index in [0.29, 0.717) is 5.56 Å². The number of carbonyl (C=O) groups excluding carboxylic acids is 1. The highest BCUT2D eigenvalue weighted by atomic mass is 16.5. The molecule has 0 bridgehead atoms. The average molecular weight is 307 g/mol. The number of esters is 1. The first-order chi connectivity index (χ1) is 10.9. The molecule has 2 aromatic carbocycles. The lowest BCUT2D eigenvalue weighted by molar-refractivity contribution is 0.0603. The molecule has 0 aliphatic rings. The molecule has 0 saturated heterocycles. The summed E-state index contributed by atoms with van der Waals surface area (Å²) in [5.41, 5.74) is 4.73. The van der Waals surface area contributed by atoms with Crippen LogP contribution in [0.1, 0.15) is 36.7 Å². The summed E-state index contributed by atoms with van der Waals surface area (Å²) in [6, 6.07) is 16.0. The highest BCUT2D eigenvalue weighted by Crippen LogP contribution is 2.39. The van der Waals surface area contributed by atoms with Gasteiger partial charge in [-0.2, -0.15) is 0 Å². The number of fused-ring (bicyclic) bond motifs is 1. The highest BCUT2D eigenvalue weighted by Gasteiger charge is 2.26. The Morgan fingerprint density at radius 3 is 2.30 bits per heavy atom. The van der Waals surface area contributed by atoms with Gasteiger partial charge in [0.05, 0.1) is 23.9 Å². The van der Waals surface area contributed by atoms with Crippen LogP contribution in [-0.4, -0.2) is 18.1 Å². The maximum absolute atomic E-state index is 12.1. The zero-order chi connectivity index (χ0) is 16.6. The first-order valence-corrected chi connectivity index (χ1v) is 7.72. The molecule has 0 fully saturated rings. The maximum atomic E-state index is 12.1. The van der Waals surface area contributed by atoms with Gasteiger partial charge in [-0.1, -0.05) is 63.2 Å². The molecule has 0 saturated carbocycles. The smallest absolute Gasteiger partial charge is 0.339 e. The second-order valence-electron chi connectivity index (χ2n) is 6.71. The summed E-state index contributed by atoms with van der Waals surface area (Å²) in [5, 5.41) is 1.07. The van der Waals surface area contributed by atoms with E-state index in [4.69, 9.17) is 4.74 Å². The zero-order valence-corrected chi connectivity index (χ0v) is 13.9. The van der Waals surface area contributed by atoms with Crippen LogP contribution >= 0.6 is 0 Å². The lowest BCUT2D eigenvalue weighted by Gasteiger charge is -2.20. The number of ether oxygens (including phenoxy) is 1. The van der Waals surface area contributed by atoms with Gasteiger partial charge in [-0.3, -0.25) is 0 Å². The van der Waals surface area contributed by atoms with Gasteiger partial charge in [-0.15, -0.1) is 0 Å². The molecule has 0 unspecified atom stereocenters. The van der Waals surface area contributed by atoms with Gasteiger partial charge < -0.3 is 9.72 Å². The topological polar surface area (TPSA) is 42.1 Å². The number of methoxy groups -OCH3 is 1. The summed E-state index contributed by atoms with van der Waals surface area (Å²) < 4.78 is 4.93. The van der Waals surface area contributed by atoms with E-state index in [1.807, 2.05) is 24.3 Å². The summed E-state index contributed by atoms with van der Waals surface area (Å²) in [6.45, 7) is 6.56. The normalized spacial score (nSPS) is 11.7. The molecule has 1 aromatic heterocycles. The number of aromatic amines is 1. The minimum atomic E-state index is -0.322. The molecular formula is C20H21NO2. The van der Waals surface area contributed by atoms with Crippen LogP contribution in [-0.2, 0) is 10.2 Å². The predicted octanol–water partition coefficient (Wildman–Crippen LogP) is 4.92. The van der Waals surface area contributed by atoms with Crippen LogP contribution in [0, 0.1) is 0 Å². The standard InChI is InChI=1S/C20H21NO2/c1-20(2,3)16-14-11-8-12-15(19(22)23-4)18(14)21-17(16)13-9-6-5-7-10-13/h5-12,21H,1-4H3. The summed E-state index contributed by atoms with van der Waals surface area (Å²) in [7, 11) is 1.41.